The molecule has 18 heavy (non-hydrogen) atoms. The van der Waals surface area contributed by atoms with E-state index in [2.05, 4.69) is 5.32 Å². The van der Waals surface area contributed by atoms with E-state index in [1.165, 1.54) is 11.3 Å². The number of hydrogen-bond acceptors (Lipinski definition) is 3. The molecule has 1 amide bonds. The van der Waals surface area contributed by atoms with Gasteiger partial charge in [-0.25, -0.2) is 0 Å². The summed E-state index contributed by atoms with van der Waals surface area (Å²) in [6.45, 7) is 2.62. The van der Waals surface area contributed by atoms with Crippen molar-refractivity contribution in [3.63, 3.8) is 0 Å². The van der Waals surface area contributed by atoms with E-state index in [0.717, 1.165) is 32.5 Å². The van der Waals surface area contributed by atoms with E-state index >= 15 is 0 Å². The standard InChI is InChI=1S/C12H16Cl2N2OS/c1-15-7-8-2-4-16(5-3-8)12(17)9-6-10(13)18-11(9)14/h6,8,15H,2-5,7H2,1H3. The van der Waals surface area contributed by atoms with Gasteiger partial charge in [0.05, 0.1) is 9.90 Å². The second kappa shape index (κ2) is 6.24. The van der Waals surface area contributed by atoms with Gasteiger partial charge in [-0.1, -0.05) is 23.2 Å². The molecule has 1 aliphatic heterocycles. The molecule has 6 heteroatoms. The zero-order chi connectivity index (χ0) is 13.1. The van der Waals surface area contributed by atoms with E-state index in [0.29, 0.717) is 20.2 Å². The lowest BCUT2D eigenvalue weighted by Crippen LogP contribution is -2.40. The van der Waals surface area contributed by atoms with Crippen LogP contribution in [0.5, 0.6) is 0 Å². The summed E-state index contributed by atoms with van der Waals surface area (Å²) in [6.07, 6.45) is 2.09. The summed E-state index contributed by atoms with van der Waals surface area (Å²) < 4.78 is 1.05. The Morgan fingerprint density at radius 3 is 2.67 bits per heavy atom. The third-order valence-corrected chi connectivity index (χ3v) is 4.77. The van der Waals surface area contributed by atoms with Crippen LogP contribution in [0.4, 0.5) is 0 Å². The average molecular weight is 307 g/mol. The van der Waals surface area contributed by atoms with Gasteiger partial charge in [-0.15, -0.1) is 11.3 Å². The Balaban J connectivity index is 1.97. The quantitative estimate of drug-likeness (QED) is 0.930. The first-order valence-corrected chi connectivity index (χ1v) is 7.57. The zero-order valence-corrected chi connectivity index (χ0v) is 12.5. The Kier molecular flexibility index (Phi) is 4.90. The average Bonchev–Trinajstić information content (AvgIpc) is 2.69. The minimum atomic E-state index is 0.00561. The lowest BCUT2D eigenvalue weighted by atomic mass is 9.96. The van der Waals surface area contributed by atoms with Crippen LogP contribution < -0.4 is 5.32 Å². The number of carbonyl (C=O) groups is 1. The van der Waals surface area contributed by atoms with E-state index in [4.69, 9.17) is 23.2 Å². The number of likely N-dealkylation sites (tertiary alicyclic amines) is 1. The highest BCUT2D eigenvalue weighted by Gasteiger charge is 2.25. The minimum absolute atomic E-state index is 0.00561. The second-order valence-electron chi connectivity index (χ2n) is 4.53. The van der Waals surface area contributed by atoms with Crippen LogP contribution in [-0.2, 0) is 0 Å². The third kappa shape index (κ3) is 3.18. The Morgan fingerprint density at radius 1 is 1.50 bits per heavy atom. The molecule has 0 aliphatic carbocycles. The van der Waals surface area contributed by atoms with E-state index < -0.39 is 0 Å². The van der Waals surface area contributed by atoms with E-state index in [9.17, 15) is 4.79 Å². The fourth-order valence-corrected chi connectivity index (χ4v) is 3.73. The number of thiophene rings is 1. The van der Waals surface area contributed by atoms with Crippen molar-refractivity contribution in [2.45, 2.75) is 12.8 Å². The highest BCUT2D eigenvalue weighted by molar-refractivity contribution is 7.20. The summed E-state index contributed by atoms with van der Waals surface area (Å²) in [5.41, 5.74) is 0.540. The van der Waals surface area contributed by atoms with E-state index in [1.54, 1.807) is 6.07 Å². The van der Waals surface area contributed by atoms with E-state index in [-0.39, 0.29) is 5.91 Å². The Bertz CT molecular complexity index is 428. The SMILES string of the molecule is CNCC1CCN(C(=O)c2cc(Cl)sc2Cl)CC1. The summed E-state index contributed by atoms with van der Waals surface area (Å²) in [6, 6.07) is 1.66. The molecule has 0 aromatic carbocycles. The monoisotopic (exact) mass is 306 g/mol. The van der Waals surface area contributed by atoms with Gasteiger partial charge in [0.2, 0.25) is 0 Å². The highest BCUT2D eigenvalue weighted by atomic mass is 35.5. The molecule has 1 aliphatic rings. The normalized spacial score (nSPS) is 17.2. The maximum absolute atomic E-state index is 12.3. The number of carbonyl (C=O) groups excluding carboxylic acids is 1. The summed E-state index contributed by atoms with van der Waals surface area (Å²) in [5, 5.41) is 3.19. The predicted molar refractivity (Wildman–Crippen MR) is 76.9 cm³/mol. The minimum Gasteiger partial charge on any atom is -0.339 e. The maximum atomic E-state index is 12.3. The first-order valence-electron chi connectivity index (χ1n) is 6.00. The number of amides is 1. The van der Waals surface area contributed by atoms with Crippen molar-refractivity contribution in [1.82, 2.24) is 10.2 Å². The van der Waals surface area contributed by atoms with Crippen molar-refractivity contribution in [3.8, 4) is 0 Å². The molecule has 0 radical (unpaired) electrons. The van der Waals surface area contributed by atoms with Crippen LogP contribution in [0, 0.1) is 5.92 Å². The highest BCUT2D eigenvalue weighted by Crippen LogP contribution is 2.32. The second-order valence-corrected chi connectivity index (χ2v) is 6.82. The van der Waals surface area contributed by atoms with Gasteiger partial charge in [0.15, 0.2) is 0 Å². The van der Waals surface area contributed by atoms with Crippen molar-refractivity contribution >= 4 is 40.4 Å². The number of piperidine rings is 1. The molecule has 1 aromatic rings. The van der Waals surface area contributed by atoms with Crippen LogP contribution in [0.1, 0.15) is 23.2 Å². The molecule has 0 spiro atoms. The van der Waals surface area contributed by atoms with Gasteiger partial charge in [0, 0.05) is 13.1 Å². The molecular weight excluding hydrogens is 291 g/mol. The lowest BCUT2D eigenvalue weighted by Gasteiger charge is -2.31. The first kappa shape index (κ1) is 14.1. The van der Waals surface area contributed by atoms with Crippen molar-refractivity contribution in [1.29, 1.82) is 0 Å². The van der Waals surface area contributed by atoms with Crippen molar-refractivity contribution in [2.24, 2.45) is 5.92 Å². The zero-order valence-electron chi connectivity index (χ0n) is 10.2. The molecule has 1 fully saturated rings. The molecule has 2 heterocycles. The summed E-state index contributed by atoms with van der Waals surface area (Å²) in [7, 11) is 1.96. The Hall–Kier alpha value is -0.290. The molecule has 1 saturated heterocycles. The van der Waals surface area contributed by atoms with Gasteiger partial charge >= 0.3 is 0 Å². The number of halogens is 2. The molecule has 1 N–H and O–H groups in total. The van der Waals surface area contributed by atoms with Crippen LogP contribution in [0.2, 0.25) is 8.67 Å². The fourth-order valence-electron chi connectivity index (χ4n) is 2.29. The Labute approximate surface area is 121 Å². The molecule has 100 valence electrons. The maximum Gasteiger partial charge on any atom is 0.256 e. The largest absolute Gasteiger partial charge is 0.339 e. The molecule has 0 saturated carbocycles. The molecule has 2 rings (SSSR count). The van der Waals surface area contributed by atoms with Crippen LogP contribution in [0.15, 0.2) is 6.07 Å². The van der Waals surface area contributed by atoms with Gasteiger partial charge in [-0.05, 0) is 38.4 Å². The molecular formula is C12H16Cl2N2OS. The molecule has 3 nitrogen and oxygen atoms in total. The lowest BCUT2D eigenvalue weighted by molar-refractivity contribution is 0.0691. The van der Waals surface area contributed by atoms with Gasteiger partial charge in [0.1, 0.15) is 4.34 Å². The predicted octanol–water partition coefficient (Wildman–Crippen LogP) is 3.13. The van der Waals surface area contributed by atoms with Crippen LogP contribution in [0.25, 0.3) is 0 Å². The number of rotatable bonds is 3. The van der Waals surface area contributed by atoms with Gasteiger partial charge in [-0.2, -0.15) is 0 Å². The summed E-state index contributed by atoms with van der Waals surface area (Å²) >= 11 is 13.1. The van der Waals surface area contributed by atoms with E-state index in [1.807, 2.05) is 11.9 Å². The number of hydrogen-bond donors (Lipinski definition) is 1. The summed E-state index contributed by atoms with van der Waals surface area (Å²) in [5.74, 6) is 0.673. The molecule has 1 aromatic heterocycles. The van der Waals surface area contributed by atoms with Crippen LogP contribution >= 0.6 is 34.5 Å². The topological polar surface area (TPSA) is 32.3 Å². The van der Waals surface area contributed by atoms with Crippen molar-refractivity contribution < 1.29 is 4.79 Å². The smallest absolute Gasteiger partial charge is 0.256 e. The third-order valence-electron chi connectivity index (χ3n) is 3.28. The van der Waals surface area contributed by atoms with Crippen molar-refractivity contribution in [3.05, 3.63) is 20.3 Å². The number of nitrogens with zero attached hydrogens (tertiary/aromatic N) is 1. The van der Waals surface area contributed by atoms with Crippen LogP contribution in [-0.4, -0.2) is 37.5 Å². The Morgan fingerprint density at radius 2 is 2.17 bits per heavy atom. The first-order chi connectivity index (χ1) is 8.61. The van der Waals surface area contributed by atoms with Gasteiger partial charge < -0.3 is 10.2 Å². The van der Waals surface area contributed by atoms with Gasteiger partial charge in [0.25, 0.3) is 5.91 Å². The summed E-state index contributed by atoms with van der Waals surface area (Å²) in [4.78, 5) is 14.1. The van der Waals surface area contributed by atoms with Crippen LogP contribution in [0.3, 0.4) is 0 Å². The molecule has 0 bridgehead atoms. The van der Waals surface area contributed by atoms with Crippen molar-refractivity contribution in [2.75, 3.05) is 26.7 Å². The molecule has 0 atom stereocenters. The fraction of sp³-hybridized carbons (Fsp3) is 0.583. The number of nitrogens with one attached hydrogen (secondary N) is 1. The molecule has 0 unspecified atom stereocenters. The van der Waals surface area contributed by atoms with Gasteiger partial charge in [-0.3, -0.25) is 4.79 Å².